The van der Waals surface area contributed by atoms with Gasteiger partial charge in [0.05, 0.1) is 22.6 Å². The second kappa shape index (κ2) is 6.38. The molecule has 0 radical (unpaired) electrons. The first-order chi connectivity index (χ1) is 9.53. The van der Waals surface area contributed by atoms with E-state index in [0.29, 0.717) is 11.1 Å². The lowest BCUT2D eigenvalue weighted by molar-refractivity contribution is 0.363. The Morgan fingerprint density at radius 3 is 2.75 bits per heavy atom. The summed E-state index contributed by atoms with van der Waals surface area (Å²) >= 11 is 0. The molecule has 0 aliphatic carbocycles. The molecule has 4 nitrogen and oxygen atoms in total. The van der Waals surface area contributed by atoms with Crippen molar-refractivity contribution < 1.29 is 8.42 Å². The zero-order valence-electron chi connectivity index (χ0n) is 11.7. The Bertz CT molecular complexity index is 599. The number of nitrogens with one attached hydrogen (secondary N) is 1. The third-order valence-corrected chi connectivity index (χ3v) is 6.29. The van der Waals surface area contributed by atoms with Gasteiger partial charge in [0.1, 0.15) is 0 Å². The molecule has 5 heteroatoms. The van der Waals surface area contributed by atoms with Crippen molar-refractivity contribution >= 4 is 9.84 Å². The van der Waals surface area contributed by atoms with E-state index in [4.69, 9.17) is 5.26 Å². The summed E-state index contributed by atoms with van der Waals surface area (Å²) in [6, 6.07) is 8.89. The molecule has 1 aromatic carbocycles. The summed E-state index contributed by atoms with van der Waals surface area (Å²) in [6.07, 6.45) is 1.83. The topological polar surface area (TPSA) is 70.0 Å². The summed E-state index contributed by atoms with van der Waals surface area (Å²) in [5.74, 6) is 0.258. The van der Waals surface area contributed by atoms with Gasteiger partial charge in [-0.2, -0.15) is 5.26 Å². The van der Waals surface area contributed by atoms with Crippen LogP contribution in [0.2, 0.25) is 0 Å². The smallest absolute Gasteiger partial charge is 0.157 e. The number of nitriles is 1. The van der Waals surface area contributed by atoms with Crippen molar-refractivity contribution in [2.45, 2.75) is 30.8 Å². The molecule has 1 heterocycles. The second-order valence-corrected chi connectivity index (χ2v) is 7.77. The second-order valence-electron chi connectivity index (χ2n) is 5.41. The minimum Gasteiger partial charge on any atom is -0.317 e. The van der Waals surface area contributed by atoms with E-state index in [-0.39, 0.29) is 16.9 Å². The number of rotatable bonds is 4. The fourth-order valence-corrected chi connectivity index (χ4v) is 4.47. The maximum Gasteiger partial charge on any atom is 0.157 e. The zero-order chi connectivity index (χ0) is 14.6. The van der Waals surface area contributed by atoms with E-state index in [1.165, 1.54) is 0 Å². The highest BCUT2D eigenvalue weighted by molar-refractivity contribution is 7.91. The summed E-state index contributed by atoms with van der Waals surface area (Å²) < 4.78 is 25.0. The van der Waals surface area contributed by atoms with Crippen LogP contribution < -0.4 is 5.32 Å². The minimum atomic E-state index is -3.18. The summed E-state index contributed by atoms with van der Waals surface area (Å²) in [5.41, 5.74) is 1.21. The van der Waals surface area contributed by atoms with Gasteiger partial charge in [-0.15, -0.1) is 0 Å². The Morgan fingerprint density at radius 1 is 1.40 bits per heavy atom. The average Bonchev–Trinajstić information content (AvgIpc) is 2.47. The quantitative estimate of drug-likeness (QED) is 0.919. The summed E-state index contributed by atoms with van der Waals surface area (Å²) in [4.78, 5) is 0. The summed E-state index contributed by atoms with van der Waals surface area (Å²) in [6.45, 7) is 3.61. The molecule has 0 spiro atoms. The van der Waals surface area contributed by atoms with Crippen LogP contribution in [0.15, 0.2) is 24.3 Å². The van der Waals surface area contributed by atoms with E-state index in [0.717, 1.165) is 25.9 Å². The molecule has 0 amide bonds. The van der Waals surface area contributed by atoms with Crippen LogP contribution in [0.1, 0.15) is 30.9 Å². The lowest BCUT2D eigenvalue weighted by Crippen LogP contribution is -2.36. The van der Waals surface area contributed by atoms with Crippen molar-refractivity contribution in [1.29, 1.82) is 5.26 Å². The third kappa shape index (κ3) is 3.59. The van der Waals surface area contributed by atoms with E-state index in [9.17, 15) is 8.42 Å². The van der Waals surface area contributed by atoms with Crippen LogP contribution in [0.4, 0.5) is 0 Å². The van der Waals surface area contributed by atoms with E-state index >= 15 is 0 Å². The molecule has 1 aliphatic rings. The highest BCUT2D eigenvalue weighted by atomic mass is 32.2. The van der Waals surface area contributed by atoms with Gasteiger partial charge in [-0.3, -0.25) is 0 Å². The first-order valence-corrected chi connectivity index (χ1v) is 8.66. The average molecular weight is 292 g/mol. The van der Waals surface area contributed by atoms with Crippen molar-refractivity contribution in [1.82, 2.24) is 5.32 Å². The Labute approximate surface area is 120 Å². The Morgan fingerprint density at radius 2 is 2.10 bits per heavy atom. The molecule has 1 aliphatic heterocycles. The van der Waals surface area contributed by atoms with Crippen molar-refractivity contribution in [3.05, 3.63) is 35.4 Å². The Hall–Kier alpha value is -1.38. The molecular formula is C15H20N2O2S. The van der Waals surface area contributed by atoms with Crippen LogP contribution in [0.25, 0.3) is 0 Å². The van der Waals surface area contributed by atoms with Gasteiger partial charge < -0.3 is 5.32 Å². The predicted octanol–water partition coefficient (Wildman–Crippen LogP) is 1.86. The molecule has 1 atom stereocenters. The lowest BCUT2D eigenvalue weighted by atomic mass is 9.95. The molecule has 1 saturated heterocycles. The third-order valence-electron chi connectivity index (χ3n) is 4.04. The summed E-state index contributed by atoms with van der Waals surface area (Å²) in [7, 11) is -3.18. The van der Waals surface area contributed by atoms with E-state index < -0.39 is 9.84 Å². The molecule has 1 aromatic rings. The van der Waals surface area contributed by atoms with Gasteiger partial charge in [-0.25, -0.2) is 8.42 Å². The van der Waals surface area contributed by atoms with Gasteiger partial charge in [0, 0.05) is 0 Å². The van der Waals surface area contributed by atoms with Gasteiger partial charge in [0.15, 0.2) is 9.84 Å². The van der Waals surface area contributed by atoms with Crippen LogP contribution >= 0.6 is 0 Å². The monoisotopic (exact) mass is 292 g/mol. The first-order valence-electron chi connectivity index (χ1n) is 6.94. The standard InChI is InChI=1S/C15H20N2O2S/c1-12(15-5-7-17-8-6-15)20(18,19)11-14-4-2-3-13(9-14)10-16/h2-4,9,12,15,17H,5-8,11H2,1H3. The van der Waals surface area contributed by atoms with Crippen LogP contribution in [-0.2, 0) is 15.6 Å². The minimum absolute atomic E-state index is 0.0214. The molecule has 2 rings (SSSR count). The molecule has 20 heavy (non-hydrogen) atoms. The number of hydrogen-bond donors (Lipinski definition) is 1. The van der Waals surface area contributed by atoms with E-state index in [1.54, 1.807) is 24.3 Å². The van der Waals surface area contributed by atoms with Gasteiger partial charge in [0.2, 0.25) is 0 Å². The SMILES string of the molecule is CC(C1CCNCC1)S(=O)(=O)Cc1cccc(C#N)c1. The molecule has 0 saturated carbocycles. The van der Waals surface area contributed by atoms with Gasteiger partial charge in [0.25, 0.3) is 0 Å². The largest absolute Gasteiger partial charge is 0.317 e. The zero-order valence-corrected chi connectivity index (χ0v) is 12.5. The van der Waals surface area contributed by atoms with Gasteiger partial charge in [-0.05, 0) is 56.5 Å². The summed E-state index contributed by atoms with van der Waals surface area (Å²) in [5, 5.41) is 11.8. The number of sulfone groups is 1. The molecule has 0 bridgehead atoms. The molecule has 108 valence electrons. The molecule has 1 N–H and O–H groups in total. The van der Waals surface area contributed by atoms with Crippen molar-refractivity contribution in [2.75, 3.05) is 13.1 Å². The number of benzene rings is 1. The first kappa shape index (κ1) is 15.0. The maximum atomic E-state index is 12.5. The van der Waals surface area contributed by atoms with Crippen LogP contribution in [0, 0.1) is 17.2 Å². The lowest BCUT2D eigenvalue weighted by Gasteiger charge is -2.28. The number of nitrogens with zero attached hydrogens (tertiary/aromatic N) is 1. The van der Waals surface area contributed by atoms with E-state index in [1.807, 2.05) is 13.0 Å². The highest BCUT2D eigenvalue weighted by Crippen LogP contribution is 2.24. The fraction of sp³-hybridized carbons (Fsp3) is 0.533. The van der Waals surface area contributed by atoms with Gasteiger partial charge in [-0.1, -0.05) is 12.1 Å². The van der Waals surface area contributed by atoms with E-state index in [2.05, 4.69) is 5.32 Å². The predicted molar refractivity (Wildman–Crippen MR) is 78.8 cm³/mol. The molecular weight excluding hydrogens is 272 g/mol. The van der Waals surface area contributed by atoms with Crippen molar-refractivity contribution in [3.8, 4) is 6.07 Å². The van der Waals surface area contributed by atoms with Crippen LogP contribution in [0.5, 0.6) is 0 Å². The molecule has 1 unspecified atom stereocenters. The number of hydrogen-bond acceptors (Lipinski definition) is 4. The Balaban J connectivity index is 2.11. The Kier molecular flexibility index (Phi) is 4.79. The fourth-order valence-electron chi connectivity index (χ4n) is 2.70. The maximum absolute atomic E-state index is 12.5. The highest BCUT2D eigenvalue weighted by Gasteiger charge is 2.30. The van der Waals surface area contributed by atoms with Crippen LogP contribution in [0.3, 0.4) is 0 Å². The van der Waals surface area contributed by atoms with Crippen molar-refractivity contribution in [3.63, 3.8) is 0 Å². The van der Waals surface area contributed by atoms with Gasteiger partial charge >= 0.3 is 0 Å². The number of piperidine rings is 1. The molecule has 1 fully saturated rings. The van der Waals surface area contributed by atoms with Crippen molar-refractivity contribution in [2.24, 2.45) is 5.92 Å². The van der Waals surface area contributed by atoms with Crippen LogP contribution in [-0.4, -0.2) is 26.8 Å². The molecule has 0 aromatic heterocycles. The normalized spacial score (nSPS) is 18.4.